The first-order chi connectivity index (χ1) is 23.7. The van der Waals surface area contributed by atoms with Gasteiger partial charge in [-0.15, -0.1) is 0 Å². The monoisotopic (exact) mass is 668 g/mol. The van der Waals surface area contributed by atoms with E-state index >= 15 is 0 Å². The predicted molar refractivity (Wildman–Crippen MR) is 192 cm³/mol. The standard InChI is InChI=1S/C38H30O4S.C4H6O2/c39-43(40,41-37(31-19-7-1-8-20-31,32-21-9-2-10-22-32)33-23-11-3-12-24-33)42-38(34-25-13-4-14-26-34,35-27-15-5-16-28-35)36-29-17-6-18-30-36;1-3(2)4(5)6/h1-30H;1H2,2H3,(H,5,6). The van der Waals surface area contributed by atoms with E-state index in [0.717, 1.165) is 0 Å². The summed E-state index contributed by atoms with van der Waals surface area (Å²) in [7, 11) is -4.79. The molecule has 246 valence electrons. The van der Waals surface area contributed by atoms with Crippen LogP contribution in [0.2, 0.25) is 0 Å². The Kier molecular flexibility index (Phi) is 11.0. The second kappa shape index (κ2) is 15.5. The molecule has 0 unspecified atom stereocenters. The van der Waals surface area contributed by atoms with E-state index < -0.39 is 27.6 Å². The molecule has 6 nitrogen and oxygen atoms in total. The van der Waals surface area contributed by atoms with Crippen LogP contribution in [-0.2, 0) is 34.8 Å². The fraction of sp³-hybridized carbons (Fsp3) is 0.0714. The fourth-order valence-electron chi connectivity index (χ4n) is 5.65. The Hall–Kier alpha value is -5.60. The molecule has 0 amide bonds. The highest BCUT2D eigenvalue weighted by Crippen LogP contribution is 2.46. The van der Waals surface area contributed by atoms with Crippen molar-refractivity contribution in [3.05, 3.63) is 228 Å². The van der Waals surface area contributed by atoms with Gasteiger partial charge >= 0.3 is 16.4 Å². The third kappa shape index (κ3) is 7.77. The van der Waals surface area contributed by atoms with Crippen LogP contribution in [0.15, 0.2) is 194 Å². The Morgan fingerprint density at radius 2 is 0.633 bits per heavy atom. The summed E-state index contributed by atoms with van der Waals surface area (Å²) in [5.74, 6) is -0.935. The smallest absolute Gasteiger partial charge is 0.402 e. The Bertz CT molecular complexity index is 1710. The van der Waals surface area contributed by atoms with Crippen molar-refractivity contribution in [2.75, 3.05) is 0 Å². The van der Waals surface area contributed by atoms with Gasteiger partial charge in [0.05, 0.1) is 0 Å². The highest BCUT2D eigenvalue weighted by atomic mass is 32.3. The quantitative estimate of drug-likeness (QED) is 0.110. The average molecular weight is 669 g/mol. The van der Waals surface area contributed by atoms with E-state index in [-0.39, 0.29) is 5.57 Å². The van der Waals surface area contributed by atoms with Crippen molar-refractivity contribution in [1.29, 1.82) is 0 Å². The van der Waals surface area contributed by atoms with Crippen LogP contribution in [0.25, 0.3) is 0 Å². The number of carbonyl (C=O) groups is 1. The molecule has 0 bridgehead atoms. The Morgan fingerprint density at radius 3 is 0.776 bits per heavy atom. The lowest BCUT2D eigenvalue weighted by Crippen LogP contribution is -2.41. The SMILES string of the molecule is C=C(C)C(=O)O.O=S(=O)(OC(c1ccccc1)(c1ccccc1)c1ccccc1)OC(c1ccccc1)(c1ccccc1)c1ccccc1. The maximum Gasteiger partial charge on any atom is 0.402 e. The van der Waals surface area contributed by atoms with Crippen molar-refractivity contribution in [2.24, 2.45) is 0 Å². The maximum absolute atomic E-state index is 14.7. The minimum absolute atomic E-state index is 0.176. The van der Waals surface area contributed by atoms with Crippen LogP contribution < -0.4 is 0 Å². The largest absolute Gasteiger partial charge is 0.478 e. The minimum Gasteiger partial charge on any atom is -0.478 e. The van der Waals surface area contributed by atoms with E-state index in [2.05, 4.69) is 6.58 Å². The van der Waals surface area contributed by atoms with E-state index in [0.29, 0.717) is 33.4 Å². The van der Waals surface area contributed by atoms with Gasteiger partial charge in [-0.1, -0.05) is 189 Å². The number of carboxylic acids is 1. The second-order valence-electron chi connectivity index (χ2n) is 11.2. The topological polar surface area (TPSA) is 89.9 Å². The van der Waals surface area contributed by atoms with Crippen molar-refractivity contribution in [3.63, 3.8) is 0 Å². The lowest BCUT2D eigenvalue weighted by Gasteiger charge is -2.38. The molecule has 0 fully saturated rings. The van der Waals surface area contributed by atoms with Crippen LogP contribution in [0.5, 0.6) is 0 Å². The summed E-state index contributed by atoms with van der Waals surface area (Å²) in [4.78, 5) is 9.60. The Labute approximate surface area is 287 Å². The zero-order chi connectivity index (χ0) is 34.7. The zero-order valence-corrected chi connectivity index (χ0v) is 27.7. The lowest BCUT2D eigenvalue weighted by molar-refractivity contribution is -0.132. The minimum atomic E-state index is -4.79. The third-order valence-corrected chi connectivity index (χ3v) is 8.81. The van der Waals surface area contributed by atoms with Crippen molar-refractivity contribution in [3.8, 4) is 0 Å². The molecule has 0 heterocycles. The molecule has 0 aromatic heterocycles. The molecular formula is C42H36O6S. The molecule has 0 radical (unpaired) electrons. The first-order valence-electron chi connectivity index (χ1n) is 15.6. The molecule has 6 aromatic rings. The highest BCUT2D eigenvalue weighted by molar-refractivity contribution is 7.82. The normalized spacial score (nSPS) is 11.5. The van der Waals surface area contributed by atoms with Gasteiger partial charge in [-0.3, -0.25) is 0 Å². The summed E-state index contributed by atoms with van der Waals surface area (Å²) in [6.07, 6.45) is 0. The van der Waals surface area contributed by atoms with Gasteiger partial charge in [0.1, 0.15) is 0 Å². The first-order valence-corrected chi connectivity index (χ1v) is 16.9. The van der Waals surface area contributed by atoms with Gasteiger partial charge in [0, 0.05) is 5.57 Å². The summed E-state index contributed by atoms with van der Waals surface area (Å²) >= 11 is 0. The maximum atomic E-state index is 14.7. The average Bonchev–Trinajstić information content (AvgIpc) is 3.15. The van der Waals surface area contributed by atoms with Gasteiger partial charge in [0.15, 0.2) is 11.2 Å². The molecule has 0 aliphatic carbocycles. The van der Waals surface area contributed by atoms with Gasteiger partial charge in [0.2, 0.25) is 0 Å². The van der Waals surface area contributed by atoms with Crippen LogP contribution >= 0.6 is 0 Å². The van der Waals surface area contributed by atoms with Crippen LogP contribution in [0, 0.1) is 0 Å². The van der Waals surface area contributed by atoms with Gasteiger partial charge < -0.3 is 5.11 Å². The number of aliphatic carboxylic acids is 1. The van der Waals surface area contributed by atoms with Gasteiger partial charge in [-0.2, -0.15) is 8.42 Å². The van der Waals surface area contributed by atoms with Gasteiger partial charge in [0.25, 0.3) is 0 Å². The second-order valence-corrected chi connectivity index (χ2v) is 12.4. The number of hydrogen-bond donors (Lipinski definition) is 1. The Balaban J connectivity index is 0.000000717. The van der Waals surface area contributed by atoms with E-state index in [1.165, 1.54) is 6.92 Å². The molecule has 0 aliphatic rings. The summed E-state index contributed by atoms with van der Waals surface area (Å²) in [5, 5.41) is 7.89. The van der Waals surface area contributed by atoms with Crippen LogP contribution in [0.1, 0.15) is 40.3 Å². The molecule has 6 rings (SSSR count). The highest BCUT2D eigenvalue weighted by Gasteiger charge is 2.48. The van der Waals surface area contributed by atoms with Crippen molar-refractivity contribution >= 4 is 16.4 Å². The molecule has 0 saturated carbocycles. The first kappa shape index (κ1) is 34.7. The molecule has 0 spiro atoms. The van der Waals surface area contributed by atoms with E-state index in [1.54, 1.807) is 0 Å². The van der Waals surface area contributed by atoms with Gasteiger partial charge in [-0.05, 0) is 40.3 Å². The molecule has 7 heteroatoms. The summed E-state index contributed by atoms with van der Waals surface area (Å²) in [6, 6.07) is 56.2. The molecule has 6 aromatic carbocycles. The molecule has 0 atom stereocenters. The lowest BCUT2D eigenvalue weighted by atomic mass is 9.80. The zero-order valence-electron chi connectivity index (χ0n) is 26.9. The van der Waals surface area contributed by atoms with Gasteiger partial charge in [-0.25, -0.2) is 13.2 Å². The summed E-state index contributed by atoms with van der Waals surface area (Å²) < 4.78 is 42.2. The summed E-state index contributed by atoms with van der Waals surface area (Å²) in [5.41, 5.74) is 0.947. The molecule has 0 aliphatic heterocycles. The Morgan fingerprint density at radius 1 is 0.469 bits per heavy atom. The number of hydrogen-bond acceptors (Lipinski definition) is 5. The molecular weight excluding hydrogens is 633 g/mol. The van der Waals surface area contributed by atoms with Crippen molar-refractivity contribution in [2.45, 2.75) is 18.1 Å². The fourth-order valence-corrected chi connectivity index (χ4v) is 6.87. The molecule has 49 heavy (non-hydrogen) atoms. The predicted octanol–water partition coefficient (Wildman–Crippen LogP) is 8.90. The van der Waals surface area contributed by atoms with Crippen LogP contribution in [-0.4, -0.2) is 19.5 Å². The third-order valence-electron chi connectivity index (χ3n) is 7.90. The van der Waals surface area contributed by atoms with Crippen molar-refractivity contribution < 1.29 is 26.7 Å². The number of carboxylic acid groups (broad SMARTS) is 1. The number of benzene rings is 6. The van der Waals surface area contributed by atoms with E-state index in [9.17, 15) is 13.2 Å². The van der Waals surface area contributed by atoms with Crippen molar-refractivity contribution in [1.82, 2.24) is 0 Å². The number of rotatable bonds is 11. The van der Waals surface area contributed by atoms with Crippen LogP contribution in [0.4, 0.5) is 0 Å². The van der Waals surface area contributed by atoms with E-state index in [1.807, 2.05) is 182 Å². The van der Waals surface area contributed by atoms with Crippen LogP contribution in [0.3, 0.4) is 0 Å². The van der Waals surface area contributed by atoms with E-state index in [4.69, 9.17) is 13.5 Å². The molecule has 0 saturated heterocycles. The molecule has 1 N–H and O–H groups in total. The summed E-state index contributed by atoms with van der Waals surface area (Å²) in [6.45, 7) is 4.60.